The van der Waals surface area contributed by atoms with Crippen LogP contribution in [-0.2, 0) is 16.0 Å². The molecule has 0 radical (unpaired) electrons. The first kappa shape index (κ1) is 21.5. The molecule has 1 aromatic heterocycles. The molecule has 1 aliphatic heterocycles. The Morgan fingerprint density at radius 2 is 2.06 bits per heavy atom. The lowest BCUT2D eigenvalue weighted by atomic mass is 9.98. The number of methoxy groups -OCH3 is 1. The van der Waals surface area contributed by atoms with Gasteiger partial charge in [-0.2, -0.15) is 4.98 Å². The molecule has 8 heteroatoms. The molecular weight excluding hydrogens is 453 g/mol. The molecule has 0 N–H and O–H groups in total. The average molecular weight is 475 g/mol. The van der Waals surface area contributed by atoms with Gasteiger partial charge in [0.05, 0.1) is 20.1 Å². The van der Waals surface area contributed by atoms with Crippen LogP contribution in [0.1, 0.15) is 41.6 Å². The van der Waals surface area contributed by atoms with Gasteiger partial charge in [-0.25, -0.2) is 4.39 Å². The number of esters is 1. The Kier molecular flexibility index (Phi) is 5.28. The van der Waals surface area contributed by atoms with Gasteiger partial charge < -0.3 is 23.4 Å². The number of aromatic nitrogens is 1. The number of para-hydroxylation sites is 2. The molecule has 4 aromatic rings. The van der Waals surface area contributed by atoms with Crippen LogP contribution in [0.4, 0.5) is 4.39 Å². The van der Waals surface area contributed by atoms with Crippen molar-refractivity contribution in [3.05, 3.63) is 77.1 Å². The fourth-order valence-electron chi connectivity index (χ4n) is 4.79. The van der Waals surface area contributed by atoms with E-state index < -0.39 is 6.10 Å². The minimum absolute atomic E-state index is 0.0530. The number of hydrogen-bond acceptors (Lipinski definition) is 7. The molecule has 2 atom stereocenters. The first-order chi connectivity index (χ1) is 17.1. The second kappa shape index (κ2) is 8.61. The molecule has 0 fully saturated rings. The van der Waals surface area contributed by atoms with Crippen LogP contribution in [0, 0.1) is 5.82 Å². The zero-order chi connectivity index (χ0) is 23.9. The van der Waals surface area contributed by atoms with E-state index in [-0.39, 0.29) is 30.2 Å². The number of oxazole rings is 1. The maximum Gasteiger partial charge on any atom is 0.400 e. The summed E-state index contributed by atoms with van der Waals surface area (Å²) in [4.78, 5) is 16.0. The molecule has 6 rings (SSSR count). The van der Waals surface area contributed by atoms with Crippen molar-refractivity contribution < 1.29 is 32.5 Å². The fraction of sp³-hybridized carbons (Fsp3) is 0.259. The summed E-state index contributed by atoms with van der Waals surface area (Å²) in [6.45, 7) is 0.408. The Morgan fingerprint density at radius 1 is 1.17 bits per heavy atom. The highest BCUT2D eigenvalue weighted by atomic mass is 19.1. The maximum atomic E-state index is 14.9. The Bertz CT molecular complexity index is 1400. The summed E-state index contributed by atoms with van der Waals surface area (Å²) in [6, 6.07) is 15.9. The number of carbonyl (C=O) groups excluding carboxylic acids is 1. The lowest BCUT2D eigenvalue weighted by Gasteiger charge is -2.17. The fourth-order valence-corrected chi connectivity index (χ4v) is 4.79. The minimum atomic E-state index is -0.470. The molecule has 7 nitrogen and oxygen atoms in total. The molecule has 1 aliphatic carbocycles. The molecule has 2 heterocycles. The quantitative estimate of drug-likeness (QED) is 0.323. The van der Waals surface area contributed by atoms with Gasteiger partial charge in [0.25, 0.3) is 0 Å². The summed E-state index contributed by atoms with van der Waals surface area (Å²) in [5, 5.41) is 0. The minimum Gasteiger partial charge on any atom is -0.492 e. The lowest BCUT2D eigenvalue weighted by Crippen LogP contribution is -2.09. The van der Waals surface area contributed by atoms with Gasteiger partial charge in [-0.3, -0.25) is 4.79 Å². The standard InChI is InChI=1S/C27H22FNO6/c1-31-25(30)12-15-14-32-24-13-16(6-7-17(15)24)33-23-10-8-18-21(11-9-19(28)26(18)23)34-27-29-20-4-2-3-5-22(20)35-27/h2-7,9,11,13,15,23H,8,10,12,14H2,1H3/t15-,23-/m1/s1. The molecule has 35 heavy (non-hydrogen) atoms. The van der Waals surface area contributed by atoms with Gasteiger partial charge in [-0.1, -0.05) is 18.2 Å². The molecular formula is C27H22FNO6. The number of ether oxygens (including phenoxy) is 4. The molecule has 0 unspecified atom stereocenters. The highest BCUT2D eigenvalue weighted by Gasteiger charge is 2.32. The van der Waals surface area contributed by atoms with Gasteiger partial charge in [-0.15, -0.1) is 0 Å². The first-order valence-electron chi connectivity index (χ1n) is 11.4. The third-order valence-corrected chi connectivity index (χ3v) is 6.49. The largest absolute Gasteiger partial charge is 0.492 e. The summed E-state index contributed by atoms with van der Waals surface area (Å²) < 4.78 is 43.2. The van der Waals surface area contributed by atoms with Crippen LogP contribution < -0.4 is 14.2 Å². The first-order valence-corrected chi connectivity index (χ1v) is 11.4. The summed E-state index contributed by atoms with van der Waals surface area (Å²) >= 11 is 0. The highest BCUT2D eigenvalue weighted by molar-refractivity contribution is 5.73. The number of carbonyl (C=O) groups is 1. The third kappa shape index (κ3) is 3.95. The van der Waals surface area contributed by atoms with Gasteiger partial charge >= 0.3 is 12.0 Å². The van der Waals surface area contributed by atoms with Crippen LogP contribution in [0.15, 0.2) is 59.0 Å². The van der Waals surface area contributed by atoms with Crippen LogP contribution in [0.5, 0.6) is 23.3 Å². The van der Waals surface area contributed by atoms with Crippen LogP contribution in [-0.4, -0.2) is 24.7 Å². The highest BCUT2D eigenvalue weighted by Crippen LogP contribution is 2.44. The molecule has 2 aliphatic rings. The van der Waals surface area contributed by atoms with Crippen LogP contribution in [0.25, 0.3) is 11.1 Å². The van der Waals surface area contributed by atoms with E-state index in [1.165, 1.54) is 13.2 Å². The maximum absolute atomic E-state index is 14.9. The monoisotopic (exact) mass is 475 g/mol. The van der Waals surface area contributed by atoms with Gasteiger partial charge in [0, 0.05) is 28.7 Å². The van der Waals surface area contributed by atoms with Crippen LogP contribution in [0.2, 0.25) is 0 Å². The number of halogens is 1. The number of rotatable bonds is 6. The zero-order valence-corrected chi connectivity index (χ0v) is 19.0. The van der Waals surface area contributed by atoms with E-state index in [1.807, 2.05) is 36.4 Å². The van der Waals surface area contributed by atoms with Crippen molar-refractivity contribution >= 4 is 17.1 Å². The topological polar surface area (TPSA) is 80.0 Å². The summed E-state index contributed by atoms with van der Waals surface area (Å²) in [5.41, 5.74) is 3.47. The Balaban J connectivity index is 1.23. The molecule has 0 amide bonds. The molecule has 0 spiro atoms. The molecule has 0 saturated carbocycles. The molecule has 0 bridgehead atoms. The second-order valence-corrected chi connectivity index (χ2v) is 8.62. The Morgan fingerprint density at radius 3 is 2.91 bits per heavy atom. The number of nitrogens with zero attached hydrogens (tertiary/aromatic N) is 1. The number of hydrogen-bond donors (Lipinski definition) is 0. The van der Waals surface area contributed by atoms with Crippen molar-refractivity contribution in [2.45, 2.75) is 31.3 Å². The summed E-state index contributed by atoms with van der Waals surface area (Å²) in [5.74, 6) is 1.07. The van der Waals surface area contributed by atoms with Gasteiger partial charge in [0.2, 0.25) is 0 Å². The van der Waals surface area contributed by atoms with Gasteiger partial charge in [0.1, 0.15) is 34.7 Å². The van der Waals surface area contributed by atoms with Crippen molar-refractivity contribution in [2.24, 2.45) is 0 Å². The normalized spacial score (nSPS) is 18.1. The van der Waals surface area contributed by atoms with Crippen molar-refractivity contribution in [2.75, 3.05) is 13.7 Å². The summed E-state index contributed by atoms with van der Waals surface area (Å²) in [6.07, 6.45) is 1.09. The zero-order valence-electron chi connectivity index (χ0n) is 19.0. The lowest BCUT2D eigenvalue weighted by molar-refractivity contribution is -0.141. The number of benzene rings is 3. The van der Waals surface area contributed by atoms with E-state index in [1.54, 1.807) is 12.1 Å². The van der Waals surface area contributed by atoms with E-state index in [0.717, 1.165) is 11.1 Å². The van der Waals surface area contributed by atoms with E-state index in [2.05, 4.69) is 4.98 Å². The van der Waals surface area contributed by atoms with Crippen molar-refractivity contribution in [1.82, 2.24) is 4.98 Å². The molecule has 0 saturated heterocycles. The Labute approximate surface area is 200 Å². The van der Waals surface area contributed by atoms with Crippen LogP contribution >= 0.6 is 0 Å². The van der Waals surface area contributed by atoms with E-state index in [4.69, 9.17) is 23.4 Å². The smallest absolute Gasteiger partial charge is 0.400 e. The number of fused-ring (bicyclic) bond motifs is 3. The molecule has 178 valence electrons. The second-order valence-electron chi connectivity index (χ2n) is 8.62. The Hall–Kier alpha value is -4.07. The predicted molar refractivity (Wildman–Crippen MR) is 123 cm³/mol. The summed E-state index contributed by atoms with van der Waals surface area (Å²) in [7, 11) is 1.37. The van der Waals surface area contributed by atoms with Gasteiger partial charge in [0.15, 0.2) is 5.58 Å². The third-order valence-electron chi connectivity index (χ3n) is 6.49. The van der Waals surface area contributed by atoms with Crippen LogP contribution in [0.3, 0.4) is 0 Å². The predicted octanol–water partition coefficient (Wildman–Crippen LogP) is 5.86. The van der Waals surface area contributed by atoms with Crippen molar-refractivity contribution in [3.63, 3.8) is 0 Å². The van der Waals surface area contributed by atoms with E-state index in [0.29, 0.717) is 53.4 Å². The van der Waals surface area contributed by atoms with Crippen molar-refractivity contribution in [3.8, 4) is 23.3 Å². The SMILES string of the molecule is COC(=O)C[C@@H]1COc2cc(O[C@@H]3CCc4c(Oc5nc6ccccc6o5)ccc(F)c43)ccc21. The molecule has 3 aromatic carbocycles. The van der Waals surface area contributed by atoms with Crippen molar-refractivity contribution in [1.29, 1.82) is 0 Å². The average Bonchev–Trinajstić information content (AvgIpc) is 3.58. The van der Waals surface area contributed by atoms with Gasteiger partial charge in [-0.05, 0) is 43.2 Å². The van der Waals surface area contributed by atoms with E-state index >= 15 is 0 Å². The van der Waals surface area contributed by atoms with E-state index in [9.17, 15) is 9.18 Å².